The molecule has 1 aliphatic heterocycles. The van der Waals surface area contributed by atoms with Gasteiger partial charge in [-0.25, -0.2) is 0 Å². The standard InChI is InChI=1S/C24H33N5O/c1-4-29(5-2)17-19-12-10-18(11-13-19)15-26-24(25-3)27-16-20-14-23(30)28-22-9-7-6-8-21(20)22/h6-13,20H,4-5,14-17H2,1-3H3,(H,28,30)(H2,25,26,27). The summed E-state index contributed by atoms with van der Waals surface area (Å²) in [7, 11) is 1.77. The molecule has 0 radical (unpaired) electrons. The first kappa shape index (κ1) is 21.8. The van der Waals surface area contributed by atoms with Crippen molar-refractivity contribution in [2.45, 2.75) is 39.3 Å². The first-order valence-electron chi connectivity index (χ1n) is 10.8. The van der Waals surface area contributed by atoms with E-state index >= 15 is 0 Å². The van der Waals surface area contributed by atoms with Gasteiger partial charge in [0.25, 0.3) is 0 Å². The Labute approximate surface area is 179 Å². The average Bonchev–Trinajstić information content (AvgIpc) is 2.78. The third-order valence-corrected chi connectivity index (χ3v) is 5.63. The summed E-state index contributed by atoms with van der Waals surface area (Å²) in [4.78, 5) is 18.7. The molecule has 1 aliphatic rings. The van der Waals surface area contributed by atoms with Gasteiger partial charge in [0, 0.05) is 44.7 Å². The van der Waals surface area contributed by atoms with Gasteiger partial charge in [0.05, 0.1) is 0 Å². The molecule has 160 valence electrons. The number of para-hydroxylation sites is 1. The number of fused-ring (bicyclic) bond motifs is 1. The SMILES string of the molecule is CCN(CC)Cc1ccc(CNC(=NC)NCC2CC(=O)Nc3ccccc32)cc1. The third kappa shape index (κ3) is 5.83. The van der Waals surface area contributed by atoms with Crippen LogP contribution in [0.2, 0.25) is 0 Å². The fraction of sp³-hybridized carbons (Fsp3) is 0.417. The number of guanidine groups is 1. The van der Waals surface area contributed by atoms with Crippen molar-refractivity contribution in [3.63, 3.8) is 0 Å². The van der Waals surface area contributed by atoms with Crippen LogP contribution in [0, 0.1) is 0 Å². The second-order valence-corrected chi connectivity index (χ2v) is 7.62. The Bertz CT molecular complexity index is 858. The van der Waals surface area contributed by atoms with E-state index in [0.717, 1.165) is 31.3 Å². The lowest BCUT2D eigenvalue weighted by molar-refractivity contribution is -0.116. The van der Waals surface area contributed by atoms with Crippen LogP contribution in [-0.4, -0.2) is 43.4 Å². The molecule has 1 atom stereocenters. The van der Waals surface area contributed by atoms with Crippen LogP contribution in [0.15, 0.2) is 53.5 Å². The zero-order valence-corrected chi connectivity index (χ0v) is 18.2. The lowest BCUT2D eigenvalue weighted by atomic mass is 9.90. The molecule has 0 saturated carbocycles. The molecule has 0 spiro atoms. The van der Waals surface area contributed by atoms with E-state index in [2.05, 4.69) is 70.0 Å². The van der Waals surface area contributed by atoms with Crippen LogP contribution in [0.25, 0.3) is 0 Å². The van der Waals surface area contributed by atoms with Crippen LogP contribution in [0.1, 0.15) is 42.9 Å². The van der Waals surface area contributed by atoms with Gasteiger partial charge in [-0.3, -0.25) is 14.7 Å². The van der Waals surface area contributed by atoms with E-state index in [4.69, 9.17) is 0 Å². The van der Waals surface area contributed by atoms with Gasteiger partial charge in [-0.2, -0.15) is 0 Å². The molecule has 30 heavy (non-hydrogen) atoms. The number of nitrogens with zero attached hydrogens (tertiary/aromatic N) is 2. The predicted molar refractivity (Wildman–Crippen MR) is 124 cm³/mol. The Balaban J connectivity index is 1.51. The molecular formula is C24H33N5O. The summed E-state index contributed by atoms with van der Waals surface area (Å²) in [6.45, 7) is 8.86. The fourth-order valence-corrected chi connectivity index (χ4v) is 3.78. The lowest BCUT2D eigenvalue weighted by Gasteiger charge is -2.26. The van der Waals surface area contributed by atoms with E-state index in [9.17, 15) is 4.79 Å². The first-order valence-corrected chi connectivity index (χ1v) is 10.8. The molecule has 3 N–H and O–H groups in total. The number of hydrogen-bond acceptors (Lipinski definition) is 3. The van der Waals surface area contributed by atoms with Crippen molar-refractivity contribution < 1.29 is 4.79 Å². The minimum Gasteiger partial charge on any atom is -0.356 e. The van der Waals surface area contributed by atoms with Gasteiger partial charge in [0.2, 0.25) is 5.91 Å². The molecule has 2 aromatic rings. The van der Waals surface area contributed by atoms with E-state index in [1.54, 1.807) is 7.05 Å². The molecule has 0 aliphatic carbocycles. The highest BCUT2D eigenvalue weighted by Crippen LogP contribution is 2.31. The highest BCUT2D eigenvalue weighted by molar-refractivity contribution is 5.94. The zero-order valence-electron chi connectivity index (χ0n) is 18.2. The van der Waals surface area contributed by atoms with Crippen molar-refractivity contribution in [3.8, 4) is 0 Å². The minimum atomic E-state index is 0.0632. The average molecular weight is 408 g/mol. The van der Waals surface area contributed by atoms with E-state index in [0.29, 0.717) is 19.5 Å². The Hall–Kier alpha value is -2.86. The maximum Gasteiger partial charge on any atom is 0.225 e. The van der Waals surface area contributed by atoms with Crippen LogP contribution in [0.5, 0.6) is 0 Å². The number of carbonyl (C=O) groups excluding carboxylic acids is 1. The number of hydrogen-bond donors (Lipinski definition) is 3. The number of aliphatic imine (C=N–C) groups is 1. The number of carbonyl (C=O) groups is 1. The molecular weight excluding hydrogens is 374 g/mol. The third-order valence-electron chi connectivity index (χ3n) is 5.63. The lowest BCUT2D eigenvalue weighted by Crippen LogP contribution is -2.40. The van der Waals surface area contributed by atoms with Gasteiger partial charge in [-0.15, -0.1) is 0 Å². The largest absolute Gasteiger partial charge is 0.356 e. The smallest absolute Gasteiger partial charge is 0.225 e. The zero-order chi connectivity index (χ0) is 21.3. The Morgan fingerprint density at radius 1 is 1.07 bits per heavy atom. The Morgan fingerprint density at radius 3 is 2.47 bits per heavy atom. The number of amides is 1. The van der Waals surface area contributed by atoms with Crippen molar-refractivity contribution in [3.05, 3.63) is 65.2 Å². The molecule has 6 nitrogen and oxygen atoms in total. The summed E-state index contributed by atoms with van der Waals surface area (Å²) in [5.41, 5.74) is 4.62. The first-order chi connectivity index (χ1) is 14.6. The Kier molecular flexibility index (Phi) is 7.85. The second kappa shape index (κ2) is 10.8. The molecule has 1 heterocycles. The highest BCUT2D eigenvalue weighted by Gasteiger charge is 2.24. The normalized spacial score (nSPS) is 16.2. The molecule has 0 fully saturated rings. The van der Waals surface area contributed by atoms with Gasteiger partial charge < -0.3 is 16.0 Å². The molecule has 1 unspecified atom stereocenters. The summed E-state index contributed by atoms with van der Waals surface area (Å²) in [6, 6.07) is 16.7. The van der Waals surface area contributed by atoms with Crippen molar-refractivity contribution in [1.29, 1.82) is 0 Å². The van der Waals surface area contributed by atoms with Crippen LogP contribution in [0.4, 0.5) is 5.69 Å². The van der Waals surface area contributed by atoms with Crippen LogP contribution < -0.4 is 16.0 Å². The quantitative estimate of drug-likeness (QED) is 0.464. The monoisotopic (exact) mass is 407 g/mol. The highest BCUT2D eigenvalue weighted by atomic mass is 16.1. The van der Waals surface area contributed by atoms with Crippen molar-refractivity contribution >= 4 is 17.6 Å². The molecule has 2 aromatic carbocycles. The molecule has 0 aromatic heterocycles. The summed E-state index contributed by atoms with van der Waals surface area (Å²) in [5.74, 6) is 0.937. The van der Waals surface area contributed by atoms with E-state index < -0.39 is 0 Å². The van der Waals surface area contributed by atoms with E-state index in [-0.39, 0.29) is 11.8 Å². The van der Waals surface area contributed by atoms with E-state index in [1.165, 1.54) is 16.7 Å². The number of benzene rings is 2. The van der Waals surface area contributed by atoms with Gasteiger partial charge in [-0.05, 0) is 35.8 Å². The van der Waals surface area contributed by atoms with E-state index in [1.807, 2.05) is 18.2 Å². The summed E-state index contributed by atoms with van der Waals surface area (Å²) in [5, 5.41) is 9.69. The maximum absolute atomic E-state index is 12.0. The minimum absolute atomic E-state index is 0.0632. The van der Waals surface area contributed by atoms with Crippen molar-refractivity contribution in [1.82, 2.24) is 15.5 Å². The fourth-order valence-electron chi connectivity index (χ4n) is 3.78. The molecule has 6 heteroatoms. The van der Waals surface area contributed by atoms with Gasteiger partial charge in [0.15, 0.2) is 5.96 Å². The molecule has 0 saturated heterocycles. The van der Waals surface area contributed by atoms with Crippen molar-refractivity contribution in [2.24, 2.45) is 4.99 Å². The maximum atomic E-state index is 12.0. The number of nitrogens with one attached hydrogen (secondary N) is 3. The number of anilines is 1. The second-order valence-electron chi connectivity index (χ2n) is 7.62. The molecule has 1 amide bonds. The summed E-state index contributed by atoms with van der Waals surface area (Å²) in [6.07, 6.45) is 0.481. The molecule has 0 bridgehead atoms. The Morgan fingerprint density at radius 2 is 1.77 bits per heavy atom. The van der Waals surface area contributed by atoms with Gasteiger partial charge in [-0.1, -0.05) is 56.3 Å². The topological polar surface area (TPSA) is 68.8 Å². The van der Waals surface area contributed by atoms with Gasteiger partial charge in [0.1, 0.15) is 0 Å². The predicted octanol–water partition coefficient (Wildman–Crippen LogP) is 3.32. The van der Waals surface area contributed by atoms with Gasteiger partial charge >= 0.3 is 0 Å². The summed E-state index contributed by atoms with van der Waals surface area (Å²) >= 11 is 0. The number of rotatable bonds is 8. The van der Waals surface area contributed by atoms with Crippen LogP contribution >= 0.6 is 0 Å². The summed E-state index contributed by atoms with van der Waals surface area (Å²) < 4.78 is 0. The van der Waals surface area contributed by atoms with Crippen molar-refractivity contribution in [2.75, 3.05) is 32.0 Å². The van der Waals surface area contributed by atoms with Crippen LogP contribution in [-0.2, 0) is 17.9 Å². The van der Waals surface area contributed by atoms with Crippen LogP contribution in [0.3, 0.4) is 0 Å². The molecule has 3 rings (SSSR count).